The van der Waals surface area contributed by atoms with E-state index in [4.69, 9.17) is 18.9 Å². The topological polar surface area (TPSA) is 339 Å². The molecule has 3 N–H and O–H groups in total. The number of carbonyl (C=O) groups is 7. The van der Waals surface area contributed by atoms with Gasteiger partial charge in [0.1, 0.15) is 22.8 Å². The molecule has 6 saturated carbocycles. The van der Waals surface area contributed by atoms with Crippen LogP contribution in [-0.4, -0.2) is 281 Å². The van der Waals surface area contributed by atoms with E-state index in [0.29, 0.717) is 74.9 Å². The molecule has 9 aliphatic heterocycles. The van der Waals surface area contributed by atoms with Gasteiger partial charge in [0.15, 0.2) is 0 Å². The van der Waals surface area contributed by atoms with E-state index in [1.807, 2.05) is 74.2 Å². The Kier molecular flexibility index (Phi) is 25.5. The Hall–Kier alpha value is -10.9. The van der Waals surface area contributed by atoms with E-state index < -0.39 is 70.2 Å². The summed E-state index contributed by atoms with van der Waals surface area (Å²) in [6.07, 6.45) is 21.8. The predicted octanol–water partition coefficient (Wildman–Crippen LogP) is 15.2. The van der Waals surface area contributed by atoms with Gasteiger partial charge in [-0.3, -0.25) is 38.6 Å². The Bertz CT molecular complexity index is 7260. The zero-order valence-electron chi connectivity index (χ0n) is 87.3. The number of methoxy groups -OCH3 is 3. The van der Waals surface area contributed by atoms with Crippen molar-refractivity contribution < 1.29 is 77.8 Å². The minimum atomic E-state index is -4.00. The first-order valence-corrected chi connectivity index (χ1v) is 57.5. The predicted molar refractivity (Wildman–Crippen MR) is 563 cm³/mol. The molecule has 6 saturated heterocycles. The van der Waals surface area contributed by atoms with Crippen LogP contribution < -0.4 is 28.4 Å². The zero-order valence-corrected chi connectivity index (χ0v) is 89.8. The molecule has 24 rings (SSSR count). The van der Waals surface area contributed by atoms with Crippen molar-refractivity contribution in [1.82, 2.24) is 70.2 Å². The number of hydrogen-bond acceptors (Lipinski definition) is 19. The standard InChI is InChI=1S/C39H49N5O7S.C38H49N5O5S.C35H43N5O5S/c1-38(2,3)51-37(47)43-21-25-17-26(43)20-42(25)36(46)39-19-31(39)30-18-27(50-6)13-15-28(30)34-33(23-10-8-7-9-11-23)29-14-12-24(16-32(29)44(34)22-39)35(45)40-52(48,49)41(4)5;1-23(2)19-41-20-27-16-26(41)21-42(27)37(45)38-18-32(38)31-17-28(48-5)12-14-29(31)35-34(24-9-7-6-8-10-24)30-13-11-25(15-33(30)43(35)22-38)36(44)39-49(46,47)40(3)4;1-37(2)46(43,44)36-33(41)22-10-12-27-30(14-22)40-20-35(34(42)39-19-23-15-24(39)18-38(23)3)17-29(35)28-16-25(45-4)11-13-26(28)32(40)31(27)21-8-6-5-7-9-21/h12-16,18,23,25-26,31H,7-11,17,19-22H2,1-6H3,(H,40,45);11-15,17,23-24,26-27,32H,6-10,16,18-22H2,1-5H3,(H,39,44);10-14,16,21,23-24,29H,5-9,15,17-20H2,1-4H3,(H,36,41)/t25-,26-,31?,39?;26-,27-,32?,38?;23-,24-,29?,35?/m110/s1. The highest BCUT2D eigenvalue weighted by Gasteiger charge is 2.69. The maximum atomic E-state index is 15.0. The van der Waals surface area contributed by atoms with Crippen LogP contribution in [0.25, 0.3) is 66.5 Å². The Labute approximate surface area is 862 Å². The van der Waals surface area contributed by atoms with Gasteiger partial charge in [-0.05, 0) is 253 Å². The van der Waals surface area contributed by atoms with E-state index in [0.717, 1.165) is 218 Å². The summed E-state index contributed by atoms with van der Waals surface area (Å²) in [6.45, 7) is 17.0. The number of carbonyl (C=O) groups excluding carboxylic acids is 7. The van der Waals surface area contributed by atoms with Gasteiger partial charge in [-0.1, -0.05) is 89.8 Å². The summed E-state index contributed by atoms with van der Waals surface area (Å²) in [6, 6.07) is 36.7. The van der Waals surface area contributed by atoms with E-state index in [1.54, 1.807) is 50.5 Å². The fourth-order valence-corrected chi connectivity index (χ4v) is 29.8. The van der Waals surface area contributed by atoms with Crippen LogP contribution in [-0.2, 0) is 69.4 Å². The number of amides is 7. The van der Waals surface area contributed by atoms with E-state index in [-0.39, 0.29) is 82.4 Å². The van der Waals surface area contributed by atoms with Crippen LogP contribution >= 0.6 is 0 Å². The maximum absolute atomic E-state index is 15.0. The Morgan fingerprint density at radius 1 is 0.395 bits per heavy atom. The van der Waals surface area contributed by atoms with Crippen molar-refractivity contribution in [2.75, 3.05) is 116 Å². The number of hydrogen-bond donors (Lipinski definition) is 3. The molecule has 0 spiro atoms. The van der Waals surface area contributed by atoms with E-state index >= 15 is 4.79 Å². The average molecular weight is 2070 g/mol. The molecule has 7 amide bonds. The second-order valence-corrected chi connectivity index (χ2v) is 52.6. The number of nitrogens with one attached hydrogen (secondary N) is 3. The first-order chi connectivity index (χ1) is 70.0. The van der Waals surface area contributed by atoms with Gasteiger partial charge in [0.05, 0.1) is 66.7 Å². The molecule has 147 heavy (non-hydrogen) atoms. The number of piperazine rings is 3. The average Bonchev–Trinajstić information content (AvgIpc) is 1.52. The van der Waals surface area contributed by atoms with Crippen LogP contribution in [0.1, 0.15) is 269 Å². The minimum Gasteiger partial charge on any atom is -0.497 e. The van der Waals surface area contributed by atoms with Crippen LogP contribution in [0, 0.1) is 22.2 Å². The highest BCUT2D eigenvalue weighted by molar-refractivity contribution is 7.88. The number of benzene rings is 6. The third-order valence-electron chi connectivity index (χ3n) is 35.9. The lowest BCUT2D eigenvalue weighted by Crippen LogP contribution is -2.53. The van der Waals surface area contributed by atoms with Crippen molar-refractivity contribution in [2.24, 2.45) is 22.2 Å². The smallest absolute Gasteiger partial charge is 0.410 e. The minimum absolute atomic E-state index is 0.0305. The molecule has 35 heteroatoms. The van der Waals surface area contributed by atoms with Crippen molar-refractivity contribution in [1.29, 1.82) is 0 Å². The second kappa shape index (κ2) is 37.3. The van der Waals surface area contributed by atoms with E-state index in [1.165, 1.54) is 115 Å². The van der Waals surface area contributed by atoms with Gasteiger partial charge < -0.3 is 52.2 Å². The van der Waals surface area contributed by atoms with Gasteiger partial charge in [0.25, 0.3) is 17.7 Å². The number of aromatic nitrogens is 3. The summed E-state index contributed by atoms with van der Waals surface area (Å²) in [5.41, 5.74) is 14.9. The van der Waals surface area contributed by atoms with Crippen molar-refractivity contribution in [2.45, 2.75) is 266 Å². The molecule has 6 aromatic carbocycles. The highest BCUT2D eigenvalue weighted by atomic mass is 32.2. The summed E-state index contributed by atoms with van der Waals surface area (Å²) in [5.74, 6) is 2.62. The van der Waals surface area contributed by atoms with Crippen molar-refractivity contribution in [3.8, 4) is 51.0 Å². The zero-order chi connectivity index (χ0) is 103. The molecular formula is C112H141N15O17S3. The molecule has 0 radical (unpaired) electrons. The van der Waals surface area contributed by atoms with Gasteiger partial charge in [-0.15, -0.1) is 0 Å². The summed E-state index contributed by atoms with van der Waals surface area (Å²) >= 11 is 0. The van der Waals surface area contributed by atoms with Crippen LogP contribution in [0.3, 0.4) is 0 Å². The lowest BCUT2D eigenvalue weighted by Gasteiger charge is -2.37. The third kappa shape index (κ3) is 17.4. The third-order valence-corrected chi connectivity index (χ3v) is 40.1. The quantitative estimate of drug-likeness (QED) is 0.0638. The monoisotopic (exact) mass is 2060 g/mol. The largest absolute Gasteiger partial charge is 0.497 e. The highest BCUT2D eigenvalue weighted by Crippen LogP contribution is 2.71. The van der Waals surface area contributed by atoms with Crippen LogP contribution in [0.4, 0.5) is 4.79 Å². The Balaban J connectivity index is 0.000000125. The number of likely N-dealkylation sites (tertiary alicyclic amines) is 6. The van der Waals surface area contributed by atoms with Crippen LogP contribution in [0.15, 0.2) is 109 Å². The molecule has 12 atom stereocenters. The lowest BCUT2D eigenvalue weighted by atomic mass is 9.81. The first-order valence-electron chi connectivity index (χ1n) is 53.2. The van der Waals surface area contributed by atoms with Gasteiger partial charge in [-0.2, -0.15) is 38.2 Å². The molecule has 9 aromatic rings. The fraction of sp³-hybridized carbons (Fsp3) is 0.562. The molecule has 12 heterocycles. The lowest BCUT2D eigenvalue weighted by molar-refractivity contribution is -0.141. The Morgan fingerprint density at radius 3 is 0.986 bits per heavy atom. The summed E-state index contributed by atoms with van der Waals surface area (Å²) < 4.78 is 115. The SMILES string of the molecule is COc1ccc2c(c1)C1CC1(C(=O)N1C[C@@H]3C[C@H]1CN3C)Cn1c-2c(C2CCCCC2)c2ccc(C(=O)NS(=O)(=O)N(C)C)cc21.COc1ccc2c(c1)C1CC1(C(=O)N1C[C@H]3C[C@@H]1CN3C(=O)OC(C)(C)C)Cn1c-2c(C2CCCCC2)c2ccc(C(=O)NS(=O)(=O)N(C)C)cc21.COc1ccc2c(c1)C1CC1(C(=O)N1C[C@H]3C[C@@H]1CN3CC(C)C)Cn1c-2c(C2CCCCC2)c2ccc(C(=O)NS(=O)(=O)N(C)C)cc21. The Morgan fingerprint density at radius 2 is 0.701 bits per heavy atom. The van der Waals surface area contributed by atoms with E-state index in [9.17, 15) is 54.0 Å². The van der Waals surface area contributed by atoms with Crippen molar-refractivity contribution >= 4 is 105 Å². The van der Waals surface area contributed by atoms with E-state index in [2.05, 4.69) is 105 Å². The molecular weight excluding hydrogens is 1920 g/mol. The van der Waals surface area contributed by atoms with Crippen molar-refractivity contribution in [3.05, 3.63) is 159 Å². The number of rotatable bonds is 20. The van der Waals surface area contributed by atoms with Gasteiger partial charge in [-0.25, -0.2) is 19.0 Å². The molecule has 15 aliphatic rings. The normalized spacial score (nSPS) is 26.4. The molecule has 6 aliphatic carbocycles. The summed E-state index contributed by atoms with van der Waals surface area (Å²) in [4.78, 5) is 111. The number of fused-ring (bicyclic) bond motifs is 27. The molecule has 784 valence electrons. The van der Waals surface area contributed by atoms with Crippen LogP contribution in [0.5, 0.6) is 17.2 Å². The first kappa shape index (κ1) is 101. The summed E-state index contributed by atoms with van der Waals surface area (Å²) in [7, 11) is 3.59. The molecule has 32 nitrogen and oxygen atoms in total. The number of likely N-dealkylation sites (N-methyl/N-ethyl adjacent to an activating group) is 1. The maximum Gasteiger partial charge on any atom is 0.410 e. The summed E-state index contributed by atoms with van der Waals surface area (Å²) in [5, 5.41) is 3.20. The molecule has 3 aromatic heterocycles. The fourth-order valence-electron chi connectivity index (χ4n) is 28.2. The second-order valence-electron chi connectivity index (χ2n) is 46.9. The van der Waals surface area contributed by atoms with Gasteiger partial charge >= 0.3 is 36.7 Å². The number of nitrogens with zero attached hydrogens (tertiary/aromatic N) is 12. The molecule has 12 fully saturated rings. The number of ether oxygens (including phenoxy) is 4. The molecule has 6 unspecified atom stereocenters. The van der Waals surface area contributed by atoms with Crippen LogP contribution in [0.2, 0.25) is 0 Å². The molecule has 6 bridgehead atoms. The van der Waals surface area contributed by atoms with Gasteiger partial charge in [0, 0.05) is 216 Å². The van der Waals surface area contributed by atoms with Gasteiger partial charge in [0.2, 0.25) is 17.7 Å². The van der Waals surface area contributed by atoms with Crippen molar-refractivity contribution in [3.63, 3.8) is 0 Å².